The van der Waals surface area contributed by atoms with Gasteiger partial charge in [-0.3, -0.25) is 9.88 Å². The number of nitrogens with one attached hydrogen (secondary N) is 1. The number of hydrogen-bond acceptors (Lipinski definition) is 6. The molecular formula is C27H33FN6. The summed E-state index contributed by atoms with van der Waals surface area (Å²) in [7, 11) is 0. The molecule has 2 saturated heterocycles. The van der Waals surface area contributed by atoms with Crippen LogP contribution in [0.2, 0.25) is 0 Å². The molecule has 0 saturated carbocycles. The van der Waals surface area contributed by atoms with Crippen molar-refractivity contribution >= 4 is 5.82 Å². The molecule has 2 unspecified atom stereocenters. The molecule has 2 fully saturated rings. The lowest BCUT2D eigenvalue weighted by molar-refractivity contribution is 0.199. The van der Waals surface area contributed by atoms with E-state index in [1.807, 2.05) is 30.6 Å². The highest BCUT2D eigenvalue weighted by Gasteiger charge is 2.30. The van der Waals surface area contributed by atoms with Crippen LogP contribution in [-0.4, -0.2) is 53.1 Å². The first-order chi connectivity index (χ1) is 16.6. The Balaban J connectivity index is 1.40. The Hall–Kier alpha value is -2.87. The summed E-state index contributed by atoms with van der Waals surface area (Å²) < 4.78 is 13.6. The van der Waals surface area contributed by atoms with Gasteiger partial charge in [0.25, 0.3) is 0 Å². The molecule has 4 heterocycles. The second kappa shape index (κ2) is 10.2. The van der Waals surface area contributed by atoms with Gasteiger partial charge in [0.15, 0.2) is 0 Å². The largest absolute Gasteiger partial charge is 0.349 e. The highest BCUT2D eigenvalue weighted by atomic mass is 19.1. The van der Waals surface area contributed by atoms with Crippen LogP contribution in [0.5, 0.6) is 0 Å². The maximum absolute atomic E-state index is 13.6. The molecule has 3 N–H and O–H groups in total. The van der Waals surface area contributed by atoms with Gasteiger partial charge in [0, 0.05) is 62.8 Å². The number of nitrogens with two attached hydrogens (primary N) is 1. The maximum atomic E-state index is 13.6. The lowest BCUT2D eigenvalue weighted by Crippen LogP contribution is -2.48. The molecule has 3 atom stereocenters. The molecule has 0 radical (unpaired) electrons. The summed E-state index contributed by atoms with van der Waals surface area (Å²) in [5.74, 6) is 0.674. The number of piperazine rings is 1. The highest BCUT2D eigenvalue weighted by Crippen LogP contribution is 2.38. The first-order valence-electron chi connectivity index (χ1n) is 12.2. The van der Waals surface area contributed by atoms with Gasteiger partial charge in [-0.2, -0.15) is 0 Å². The van der Waals surface area contributed by atoms with E-state index in [1.54, 1.807) is 0 Å². The predicted octanol–water partition coefficient (Wildman–Crippen LogP) is 3.75. The van der Waals surface area contributed by atoms with Gasteiger partial charge in [0.05, 0.1) is 11.7 Å². The van der Waals surface area contributed by atoms with Crippen molar-refractivity contribution in [2.24, 2.45) is 5.73 Å². The number of halogens is 1. The predicted molar refractivity (Wildman–Crippen MR) is 134 cm³/mol. The molecule has 2 aromatic heterocycles. The molecule has 0 bridgehead atoms. The average Bonchev–Trinajstić information content (AvgIpc) is 2.85. The number of hydrogen-bond donors (Lipinski definition) is 2. The standard InChI is InChI=1S/C27H33FN6/c1-19-17-33(14-12-30-19)18-20-4-9-25(32-16-20)24-3-2-11-31-27(24)34-13-10-23(29)15-26(34)21-5-7-22(28)8-6-21/h2-9,11,16,19,23,26,30H,10,12-15,17-18,29H2,1H3/t19-,23?,26?/m0/s1. The Bertz CT molecular complexity index is 1090. The van der Waals surface area contributed by atoms with Crippen molar-refractivity contribution in [3.63, 3.8) is 0 Å². The third-order valence-electron chi connectivity index (χ3n) is 6.92. The summed E-state index contributed by atoms with van der Waals surface area (Å²) in [6.07, 6.45) is 5.51. The van der Waals surface area contributed by atoms with Gasteiger partial charge < -0.3 is 16.0 Å². The Morgan fingerprint density at radius 2 is 1.94 bits per heavy atom. The third-order valence-corrected chi connectivity index (χ3v) is 6.92. The van der Waals surface area contributed by atoms with E-state index in [4.69, 9.17) is 15.7 Å². The first-order valence-corrected chi connectivity index (χ1v) is 12.2. The smallest absolute Gasteiger partial charge is 0.138 e. The molecule has 178 valence electrons. The summed E-state index contributed by atoms with van der Waals surface area (Å²) in [6.45, 7) is 7.07. The normalized spacial score (nSPS) is 23.7. The van der Waals surface area contributed by atoms with Crippen molar-refractivity contribution in [2.45, 2.75) is 44.4 Å². The molecule has 0 spiro atoms. The van der Waals surface area contributed by atoms with Crippen LogP contribution < -0.4 is 16.0 Å². The molecule has 2 aliphatic heterocycles. The van der Waals surface area contributed by atoms with Gasteiger partial charge in [-0.15, -0.1) is 0 Å². The molecule has 6 nitrogen and oxygen atoms in total. The zero-order chi connectivity index (χ0) is 23.5. The summed E-state index contributed by atoms with van der Waals surface area (Å²) >= 11 is 0. The number of pyridine rings is 2. The van der Waals surface area contributed by atoms with Crippen molar-refractivity contribution in [2.75, 3.05) is 31.1 Å². The fourth-order valence-corrected chi connectivity index (χ4v) is 5.16. The SMILES string of the molecule is C[C@H]1CN(Cc2ccc(-c3cccnc3N3CCC(N)CC3c3ccc(F)cc3)nc2)CCN1. The first kappa shape index (κ1) is 22.9. The number of benzene rings is 1. The second-order valence-electron chi connectivity index (χ2n) is 9.56. The van der Waals surface area contributed by atoms with Crippen LogP contribution in [0, 0.1) is 5.82 Å². The van der Waals surface area contributed by atoms with Crippen molar-refractivity contribution in [3.8, 4) is 11.3 Å². The zero-order valence-corrected chi connectivity index (χ0v) is 19.7. The van der Waals surface area contributed by atoms with E-state index in [1.165, 1.54) is 17.7 Å². The monoisotopic (exact) mass is 460 g/mol. The number of anilines is 1. The average molecular weight is 461 g/mol. The minimum atomic E-state index is -0.228. The van der Waals surface area contributed by atoms with Crippen LogP contribution >= 0.6 is 0 Å². The van der Waals surface area contributed by atoms with E-state index in [2.05, 4.69) is 40.2 Å². The van der Waals surface area contributed by atoms with Gasteiger partial charge in [-0.1, -0.05) is 18.2 Å². The van der Waals surface area contributed by atoms with Crippen molar-refractivity contribution < 1.29 is 4.39 Å². The van der Waals surface area contributed by atoms with Gasteiger partial charge in [-0.05, 0) is 61.2 Å². The Morgan fingerprint density at radius 1 is 1.09 bits per heavy atom. The third kappa shape index (κ3) is 5.12. The van der Waals surface area contributed by atoms with E-state index >= 15 is 0 Å². The molecular weight excluding hydrogens is 427 g/mol. The number of piperidine rings is 1. The maximum Gasteiger partial charge on any atom is 0.138 e. The van der Waals surface area contributed by atoms with Crippen molar-refractivity contribution in [3.05, 3.63) is 77.9 Å². The van der Waals surface area contributed by atoms with Crippen LogP contribution in [0.25, 0.3) is 11.3 Å². The second-order valence-corrected chi connectivity index (χ2v) is 9.56. The van der Waals surface area contributed by atoms with E-state index in [9.17, 15) is 4.39 Å². The topological polar surface area (TPSA) is 70.3 Å². The molecule has 0 amide bonds. The van der Waals surface area contributed by atoms with Gasteiger partial charge in [0.1, 0.15) is 11.6 Å². The Morgan fingerprint density at radius 3 is 2.71 bits per heavy atom. The fourth-order valence-electron chi connectivity index (χ4n) is 5.16. The molecule has 3 aromatic rings. The summed E-state index contributed by atoms with van der Waals surface area (Å²) in [5, 5.41) is 3.49. The van der Waals surface area contributed by atoms with Crippen LogP contribution in [0.1, 0.15) is 36.9 Å². The highest BCUT2D eigenvalue weighted by molar-refractivity contribution is 5.73. The van der Waals surface area contributed by atoms with Gasteiger partial charge in [-0.25, -0.2) is 9.37 Å². The van der Waals surface area contributed by atoms with Gasteiger partial charge in [0.2, 0.25) is 0 Å². The van der Waals surface area contributed by atoms with Crippen molar-refractivity contribution in [1.29, 1.82) is 0 Å². The van der Waals surface area contributed by atoms with Crippen LogP contribution in [0.15, 0.2) is 60.9 Å². The van der Waals surface area contributed by atoms with Crippen LogP contribution in [-0.2, 0) is 6.54 Å². The zero-order valence-electron chi connectivity index (χ0n) is 19.7. The van der Waals surface area contributed by atoms with E-state index in [0.717, 1.165) is 68.2 Å². The van der Waals surface area contributed by atoms with Crippen LogP contribution in [0.3, 0.4) is 0 Å². The summed E-state index contributed by atoms with van der Waals surface area (Å²) in [4.78, 5) is 14.4. The molecule has 34 heavy (non-hydrogen) atoms. The quantitative estimate of drug-likeness (QED) is 0.605. The number of nitrogens with zero attached hydrogens (tertiary/aromatic N) is 4. The van der Waals surface area contributed by atoms with Gasteiger partial charge >= 0.3 is 0 Å². The number of aromatic nitrogens is 2. The lowest BCUT2D eigenvalue weighted by atomic mass is 9.91. The lowest BCUT2D eigenvalue weighted by Gasteiger charge is -2.40. The minimum Gasteiger partial charge on any atom is -0.349 e. The Kier molecular flexibility index (Phi) is 6.85. The minimum absolute atomic E-state index is 0.0481. The Labute approximate surface area is 201 Å². The number of rotatable bonds is 5. The molecule has 2 aliphatic rings. The van der Waals surface area contributed by atoms with E-state index in [0.29, 0.717) is 6.04 Å². The molecule has 1 aromatic carbocycles. The molecule has 0 aliphatic carbocycles. The van der Waals surface area contributed by atoms with Crippen LogP contribution in [0.4, 0.5) is 10.2 Å². The van der Waals surface area contributed by atoms with Crippen molar-refractivity contribution in [1.82, 2.24) is 20.2 Å². The molecule has 5 rings (SSSR count). The van der Waals surface area contributed by atoms with E-state index in [-0.39, 0.29) is 17.9 Å². The van der Waals surface area contributed by atoms with E-state index < -0.39 is 0 Å². The summed E-state index contributed by atoms with van der Waals surface area (Å²) in [6, 6.07) is 15.8. The summed E-state index contributed by atoms with van der Waals surface area (Å²) in [5.41, 5.74) is 10.5. The molecule has 7 heteroatoms. The fraction of sp³-hybridized carbons (Fsp3) is 0.407.